The number of nitro benzene ring substituents is 1. The van der Waals surface area contributed by atoms with Gasteiger partial charge in [0.1, 0.15) is 5.56 Å². The zero-order valence-corrected chi connectivity index (χ0v) is 10.7. The molecular formula is C12H15NO6. The molecule has 0 aliphatic heterocycles. The van der Waals surface area contributed by atoms with E-state index in [1.54, 1.807) is 0 Å². The van der Waals surface area contributed by atoms with Crippen LogP contribution in [-0.2, 0) is 14.2 Å². The molecule has 1 unspecified atom stereocenters. The number of esters is 1. The number of methoxy groups -OCH3 is 1. The Bertz CT molecular complexity index is 448. The lowest BCUT2D eigenvalue weighted by molar-refractivity contribution is -0.385. The predicted octanol–water partition coefficient (Wildman–Crippen LogP) is 1.76. The Morgan fingerprint density at radius 1 is 1.37 bits per heavy atom. The Morgan fingerprint density at radius 2 is 2.05 bits per heavy atom. The Morgan fingerprint density at radius 3 is 2.68 bits per heavy atom. The molecule has 1 aromatic rings. The number of carbonyl (C=O) groups excluding carboxylic acids is 1. The molecule has 0 radical (unpaired) electrons. The van der Waals surface area contributed by atoms with Gasteiger partial charge in [-0.15, -0.1) is 0 Å². The number of para-hydroxylation sites is 1. The second-order valence-electron chi connectivity index (χ2n) is 3.61. The van der Waals surface area contributed by atoms with E-state index in [1.807, 2.05) is 0 Å². The molecule has 104 valence electrons. The van der Waals surface area contributed by atoms with Crippen LogP contribution in [0.15, 0.2) is 24.3 Å². The second-order valence-corrected chi connectivity index (χ2v) is 3.61. The van der Waals surface area contributed by atoms with Crippen LogP contribution in [0, 0.1) is 10.1 Å². The van der Waals surface area contributed by atoms with E-state index in [2.05, 4.69) is 0 Å². The highest BCUT2D eigenvalue weighted by atomic mass is 16.7. The van der Waals surface area contributed by atoms with Crippen molar-refractivity contribution >= 4 is 11.7 Å². The molecule has 0 saturated carbocycles. The van der Waals surface area contributed by atoms with Crippen molar-refractivity contribution in [3.8, 4) is 0 Å². The maximum atomic E-state index is 11.8. The minimum atomic E-state index is -0.803. The van der Waals surface area contributed by atoms with E-state index < -0.39 is 17.2 Å². The SMILES string of the molecule is COCCOC(C)OC(=O)c1ccccc1[N+](=O)[O-]. The van der Waals surface area contributed by atoms with Gasteiger partial charge in [0, 0.05) is 13.2 Å². The van der Waals surface area contributed by atoms with E-state index >= 15 is 0 Å². The largest absolute Gasteiger partial charge is 0.432 e. The van der Waals surface area contributed by atoms with Gasteiger partial charge in [0.15, 0.2) is 0 Å². The van der Waals surface area contributed by atoms with Crippen molar-refractivity contribution in [2.75, 3.05) is 20.3 Å². The molecule has 1 atom stereocenters. The highest BCUT2D eigenvalue weighted by Crippen LogP contribution is 2.19. The molecule has 1 aromatic carbocycles. The maximum Gasteiger partial charge on any atom is 0.347 e. The highest BCUT2D eigenvalue weighted by Gasteiger charge is 2.22. The van der Waals surface area contributed by atoms with Gasteiger partial charge in [-0.3, -0.25) is 10.1 Å². The van der Waals surface area contributed by atoms with Gasteiger partial charge in [-0.2, -0.15) is 0 Å². The van der Waals surface area contributed by atoms with Crippen molar-refractivity contribution in [3.63, 3.8) is 0 Å². The summed E-state index contributed by atoms with van der Waals surface area (Å²) in [5, 5.41) is 10.8. The number of ether oxygens (including phenoxy) is 3. The number of nitro groups is 1. The zero-order chi connectivity index (χ0) is 14.3. The molecule has 0 bridgehead atoms. The molecule has 7 nitrogen and oxygen atoms in total. The lowest BCUT2D eigenvalue weighted by atomic mass is 10.2. The minimum absolute atomic E-state index is 0.102. The van der Waals surface area contributed by atoms with Crippen LogP contribution in [-0.4, -0.2) is 37.5 Å². The summed E-state index contributed by atoms with van der Waals surface area (Å²) >= 11 is 0. The number of benzene rings is 1. The first kappa shape index (κ1) is 15.1. The molecule has 0 spiro atoms. The van der Waals surface area contributed by atoms with Crippen LogP contribution in [0.5, 0.6) is 0 Å². The summed E-state index contributed by atoms with van der Waals surface area (Å²) < 4.78 is 14.9. The molecular weight excluding hydrogens is 254 g/mol. The summed E-state index contributed by atoms with van der Waals surface area (Å²) in [7, 11) is 1.52. The van der Waals surface area contributed by atoms with E-state index in [4.69, 9.17) is 14.2 Å². The molecule has 7 heteroatoms. The van der Waals surface area contributed by atoms with Gasteiger partial charge in [-0.25, -0.2) is 4.79 Å². The summed E-state index contributed by atoms with van der Waals surface area (Å²) in [6, 6.07) is 5.59. The fourth-order valence-electron chi connectivity index (χ4n) is 1.35. The molecule has 0 aromatic heterocycles. The monoisotopic (exact) mass is 269 g/mol. The topological polar surface area (TPSA) is 87.9 Å². The van der Waals surface area contributed by atoms with Crippen LogP contribution < -0.4 is 0 Å². The van der Waals surface area contributed by atoms with E-state index in [0.717, 1.165) is 0 Å². The van der Waals surface area contributed by atoms with E-state index in [9.17, 15) is 14.9 Å². The van der Waals surface area contributed by atoms with Crippen LogP contribution in [0.25, 0.3) is 0 Å². The highest BCUT2D eigenvalue weighted by molar-refractivity contribution is 5.93. The standard InChI is InChI=1S/C12H15NO6/c1-9(18-8-7-17-2)19-12(14)10-5-3-4-6-11(10)13(15)16/h3-6,9H,7-8H2,1-2H3. The number of hydrogen-bond acceptors (Lipinski definition) is 6. The lowest BCUT2D eigenvalue weighted by Crippen LogP contribution is -2.20. The number of nitrogens with zero attached hydrogens (tertiary/aromatic N) is 1. The molecule has 0 fully saturated rings. The fourth-order valence-corrected chi connectivity index (χ4v) is 1.35. The quantitative estimate of drug-likeness (QED) is 0.246. The summed E-state index contributed by atoms with van der Waals surface area (Å²) in [5.74, 6) is -0.794. The van der Waals surface area contributed by atoms with Gasteiger partial charge >= 0.3 is 5.97 Å². The normalized spacial score (nSPS) is 11.9. The van der Waals surface area contributed by atoms with E-state index in [-0.39, 0.29) is 17.9 Å². The van der Waals surface area contributed by atoms with Crippen molar-refractivity contribution in [2.24, 2.45) is 0 Å². The predicted molar refractivity (Wildman–Crippen MR) is 65.8 cm³/mol. The van der Waals surface area contributed by atoms with Gasteiger partial charge in [0.2, 0.25) is 6.29 Å². The van der Waals surface area contributed by atoms with E-state index in [1.165, 1.54) is 38.3 Å². The zero-order valence-electron chi connectivity index (χ0n) is 10.7. The third-order valence-corrected chi connectivity index (χ3v) is 2.23. The van der Waals surface area contributed by atoms with Crippen LogP contribution in [0.4, 0.5) is 5.69 Å². The average Bonchev–Trinajstić information content (AvgIpc) is 2.39. The Hall–Kier alpha value is -1.99. The van der Waals surface area contributed by atoms with Crippen LogP contribution in [0.2, 0.25) is 0 Å². The molecule has 0 saturated heterocycles. The van der Waals surface area contributed by atoms with Gasteiger partial charge in [-0.05, 0) is 13.0 Å². The van der Waals surface area contributed by atoms with Gasteiger partial charge in [0.25, 0.3) is 5.69 Å². The van der Waals surface area contributed by atoms with Crippen molar-refractivity contribution in [1.29, 1.82) is 0 Å². The van der Waals surface area contributed by atoms with Crippen molar-refractivity contribution < 1.29 is 23.9 Å². The average molecular weight is 269 g/mol. The molecule has 0 amide bonds. The Labute approximate surface area is 110 Å². The second kappa shape index (κ2) is 7.45. The minimum Gasteiger partial charge on any atom is -0.432 e. The summed E-state index contributed by atoms with van der Waals surface area (Å²) in [5.41, 5.74) is -0.397. The third-order valence-electron chi connectivity index (χ3n) is 2.23. The van der Waals surface area contributed by atoms with E-state index in [0.29, 0.717) is 6.61 Å². The summed E-state index contributed by atoms with van der Waals surface area (Å²) in [6.07, 6.45) is -0.803. The molecule has 0 N–H and O–H groups in total. The molecule has 0 aliphatic carbocycles. The molecule has 1 rings (SSSR count). The third kappa shape index (κ3) is 4.65. The number of carbonyl (C=O) groups is 1. The maximum absolute atomic E-state index is 11.8. The molecule has 19 heavy (non-hydrogen) atoms. The molecule has 0 heterocycles. The first-order valence-corrected chi connectivity index (χ1v) is 5.61. The van der Waals surface area contributed by atoms with Gasteiger partial charge < -0.3 is 14.2 Å². The van der Waals surface area contributed by atoms with Crippen LogP contribution in [0.3, 0.4) is 0 Å². The van der Waals surface area contributed by atoms with Crippen molar-refractivity contribution in [3.05, 3.63) is 39.9 Å². The smallest absolute Gasteiger partial charge is 0.347 e. The first-order chi connectivity index (χ1) is 9.06. The molecule has 0 aliphatic rings. The van der Waals surface area contributed by atoms with Gasteiger partial charge in [-0.1, -0.05) is 12.1 Å². The van der Waals surface area contributed by atoms with Crippen molar-refractivity contribution in [1.82, 2.24) is 0 Å². The lowest BCUT2D eigenvalue weighted by Gasteiger charge is -2.13. The first-order valence-electron chi connectivity index (χ1n) is 5.61. The summed E-state index contributed by atoms with van der Waals surface area (Å²) in [6.45, 7) is 2.16. The fraction of sp³-hybridized carbons (Fsp3) is 0.417. The van der Waals surface area contributed by atoms with Crippen LogP contribution >= 0.6 is 0 Å². The number of hydrogen-bond donors (Lipinski definition) is 0. The Kier molecular flexibility index (Phi) is 5.91. The van der Waals surface area contributed by atoms with Crippen LogP contribution in [0.1, 0.15) is 17.3 Å². The van der Waals surface area contributed by atoms with Crippen molar-refractivity contribution in [2.45, 2.75) is 13.2 Å². The Balaban J connectivity index is 2.65. The van der Waals surface area contributed by atoms with Gasteiger partial charge in [0.05, 0.1) is 18.1 Å². The summed E-state index contributed by atoms with van der Waals surface area (Å²) in [4.78, 5) is 21.9. The number of rotatable bonds is 7.